The van der Waals surface area contributed by atoms with E-state index in [1.807, 2.05) is 6.07 Å². The van der Waals surface area contributed by atoms with Crippen LogP contribution in [-0.4, -0.2) is 42.5 Å². The van der Waals surface area contributed by atoms with Gasteiger partial charge in [-0.05, 0) is 80.0 Å². The molecule has 1 aliphatic carbocycles. The summed E-state index contributed by atoms with van der Waals surface area (Å²) >= 11 is 0. The van der Waals surface area contributed by atoms with E-state index in [2.05, 4.69) is 53.5 Å². The maximum Gasteiger partial charge on any atom is 0.287 e. The number of aryl methyl sites for hydroxylation is 1. The smallest absolute Gasteiger partial charge is 0.287 e. The predicted octanol–water partition coefficient (Wildman–Crippen LogP) is 4.96. The molecule has 38 heavy (non-hydrogen) atoms. The Hall–Kier alpha value is -3.58. The molecule has 1 aromatic heterocycles. The Morgan fingerprint density at radius 2 is 1.89 bits per heavy atom. The number of ether oxygens (including phenoxy) is 2. The molecular formula is C31H34N2O5. The molecule has 0 unspecified atom stereocenters. The van der Waals surface area contributed by atoms with Crippen molar-refractivity contribution in [3.63, 3.8) is 0 Å². The number of carbonyl (C=O) groups excluding carboxylic acids is 2. The summed E-state index contributed by atoms with van der Waals surface area (Å²) in [5.74, 6) is 1.73. The molecule has 3 heterocycles. The molecule has 198 valence electrons. The second-order valence-corrected chi connectivity index (χ2v) is 10.6. The van der Waals surface area contributed by atoms with Crippen LogP contribution in [0.15, 0.2) is 59.0 Å². The van der Waals surface area contributed by atoms with E-state index in [-0.39, 0.29) is 42.2 Å². The van der Waals surface area contributed by atoms with Gasteiger partial charge in [-0.25, -0.2) is 0 Å². The number of hydrogen-bond donors (Lipinski definition) is 1. The molecule has 0 spiro atoms. The number of fused-ring (bicyclic) bond motifs is 1. The highest BCUT2D eigenvalue weighted by Gasteiger charge is 2.39. The topological polar surface area (TPSA) is 81.0 Å². The lowest BCUT2D eigenvalue weighted by Gasteiger charge is -2.38. The Bertz CT molecular complexity index is 1300. The average Bonchev–Trinajstić information content (AvgIpc) is 3.44. The molecule has 1 saturated heterocycles. The van der Waals surface area contributed by atoms with Crippen molar-refractivity contribution >= 4 is 11.8 Å². The fourth-order valence-electron chi connectivity index (χ4n) is 5.42. The van der Waals surface area contributed by atoms with Crippen LogP contribution in [-0.2, 0) is 22.6 Å². The van der Waals surface area contributed by atoms with Gasteiger partial charge in [0.1, 0.15) is 18.1 Å². The lowest BCUT2D eigenvalue weighted by atomic mass is 9.87. The van der Waals surface area contributed by atoms with Crippen LogP contribution < -0.4 is 10.1 Å². The first-order valence-electron chi connectivity index (χ1n) is 13.7. The van der Waals surface area contributed by atoms with Gasteiger partial charge in [0.2, 0.25) is 5.91 Å². The van der Waals surface area contributed by atoms with Crippen LogP contribution in [0.4, 0.5) is 0 Å². The van der Waals surface area contributed by atoms with Crippen LogP contribution in [0.1, 0.15) is 70.3 Å². The third-order valence-corrected chi connectivity index (χ3v) is 7.73. The van der Waals surface area contributed by atoms with E-state index in [0.29, 0.717) is 18.1 Å². The Morgan fingerprint density at radius 1 is 1.05 bits per heavy atom. The van der Waals surface area contributed by atoms with Gasteiger partial charge in [0.25, 0.3) is 5.91 Å². The number of hydrogen-bond acceptors (Lipinski definition) is 5. The van der Waals surface area contributed by atoms with Gasteiger partial charge in [-0.2, -0.15) is 0 Å². The van der Waals surface area contributed by atoms with E-state index in [1.165, 1.54) is 11.1 Å². The van der Waals surface area contributed by atoms with Crippen molar-refractivity contribution in [3.05, 3.63) is 88.4 Å². The second kappa shape index (κ2) is 10.7. The average molecular weight is 515 g/mol. The number of nitrogens with zero attached hydrogens (tertiary/aromatic N) is 1. The highest BCUT2D eigenvalue weighted by atomic mass is 16.5. The molecule has 3 aromatic rings. The molecule has 0 radical (unpaired) electrons. The number of furan rings is 1. The molecule has 0 bridgehead atoms. The SMILES string of the molecule is Cc1ccc([C@H]2c3cc(OCc4ccc(C(=O)NC[C@H]5CCCO5)o4)ccc3CCN2C(=O)C2CC2)cc1. The normalized spacial score (nSPS) is 20.7. The Balaban J connectivity index is 1.16. The van der Waals surface area contributed by atoms with Gasteiger partial charge >= 0.3 is 0 Å². The van der Waals surface area contributed by atoms with Crippen LogP contribution in [0.5, 0.6) is 5.75 Å². The van der Waals surface area contributed by atoms with Gasteiger partial charge in [0.15, 0.2) is 5.76 Å². The summed E-state index contributed by atoms with van der Waals surface area (Å²) in [6, 6.07) is 17.9. The third kappa shape index (κ3) is 5.34. The first kappa shape index (κ1) is 24.7. The Morgan fingerprint density at radius 3 is 2.66 bits per heavy atom. The minimum Gasteiger partial charge on any atom is -0.486 e. The zero-order chi connectivity index (χ0) is 26.1. The molecule has 2 amide bonds. The standard InChI is InChI=1S/C31H34N2O5/c1-20-4-6-22(7-5-20)29-27-17-24(11-10-21(27)14-15-33(29)31(35)23-8-9-23)37-19-26-12-13-28(38-26)30(34)32-18-25-3-2-16-36-25/h4-7,10-13,17,23,25,29H,2-3,8-9,14-16,18-19H2,1H3,(H,32,34)/t25-,29+/m1/s1. The van der Waals surface area contributed by atoms with E-state index in [1.54, 1.807) is 12.1 Å². The van der Waals surface area contributed by atoms with Crippen LogP contribution in [0.25, 0.3) is 0 Å². The van der Waals surface area contributed by atoms with Crippen LogP contribution in [0, 0.1) is 12.8 Å². The van der Waals surface area contributed by atoms with Gasteiger partial charge in [0.05, 0.1) is 12.1 Å². The molecule has 2 atom stereocenters. The largest absolute Gasteiger partial charge is 0.486 e. The van der Waals surface area contributed by atoms with Crippen molar-refractivity contribution in [3.8, 4) is 5.75 Å². The molecular weight excluding hydrogens is 480 g/mol. The first-order valence-corrected chi connectivity index (χ1v) is 13.7. The monoisotopic (exact) mass is 514 g/mol. The first-order chi connectivity index (χ1) is 18.5. The fraction of sp³-hybridized carbons (Fsp3) is 0.419. The van der Waals surface area contributed by atoms with Gasteiger partial charge in [-0.15, -0.1) is 0 Å². The Labute approximate surface area is 223 Å². The van der Waals surface area contributed by atoms with E-state index in [0.717, 1.165) is 56.4 Å². The zero-order valence-electron chi connectivity index (χ0n) is 21.8. The van der Waals surface area contributed by atoms with E-state index < -0.39 is 0 Å². The number of benzene rings is 2. The molecule has 7 heteroatoms. The van der Waals surface area contributed by atoms with Crippen molar-refractivity contribution in [2.75, 3.05) is 19.7 Å². The number of carbonyl (C=O) groups is 2. The summed E-state index contributed by atoms with van der Waals surface area (Å²) in [5.41, 5.74) is 4.67. The van der Waals surface area contributed by atoms with Gasteiger partial charge < -0.3 is 24.1 Å². The molecule has 2 aliphatic heterocycles. The number of amides is 2. The highest BCUT2D eigenvalue weighted by Crippen LogP contribution is 2.41. The quantitative estimate of drug-likeness (QED) is 0.460. The van der Waals surface area contributed by atoms with E-state index >= 15 is 0 Å². The van der Waals surface area contributed by atoms with Gasteiger partial charge in [-0.3, -0.25) is 9.59 Å². The van der Waals surface area contributed by atoms with Crippen molar-refractivity contribution in [1.82, 2.24) is 10.2 Å². The molecule has 7 nitrogen and oxygen atoms in total. The summed E-state index contributed by atoms with van der Waals surface area (Å²) in [5, 5.41) is 2.88. The van der Waals surface area contributed by atoms with Crippen molar-refractivity contribution in [2.24, 2.45) is 5.92 Å². The highest BCUT2D eigenvalue weighted by molar-refractivity contribution is 5.91. The summed E-state index contributed by atoms with van der Waals surface area (Å²) in [7, 11) is 0. The predicted molar refractivity (Wildman–Crippen MR) is 142 cm³/mol. The molecule has 6 rings (SSSR count). The third-order valence-electron chi connectivity index (χ3n) is 7.73. The Kier molecular flexibility index (Phi) is 6.94. The van der Waals surface area contributed by atoms with Crippen LogP contribution >= 0.6 is 0 Å². The molecule has 2 fully saturated rings. The summed E-state index contributed by atoms with van der Waals surface area (Å²) in [4.78, 5) is 27.7. The maximum absolute atomic E-state index is 13.2. The van der Waals surface area contributed by atoms with Crippen molar-refractivity contribution in [2.45, 2.75) is 57.8 Å². The van der Waals surface area contributed by atoms with E-state index in [9.17, 15) is 9.59 Å². The van der Waals surface area contributed by atoms with Crippen LogP contribution in [0.3, 0.4) is 0 Å². The van der Waals surface area contributed by atoms with Crippen molar-refractivity contribution < 1.29 is 23.5 Å². The van der Waals surface area contributed by atoms with E-state index in [4.69, 9.17) is 13.9 Å². The summed E-state index contributed by atoms with van der Waals surface area (Å²) in [6.45, 7) is 4.25. The maximum atomic E-state index is 13.2. The molecule has 1 saturated carbocycles. The van der Waals surface area contributed by atoms with Crippen molar-refractivity contribution in [1.29, 1.82) is 0 Å². The summed E-state index contributed by atoms with van der Waals surface area (Å²) < 4.78 is 17.4. The van der Waals surface area contributed by atoms with Gasteiger partial charge in [0, 0.05) is 25.6 Å². The van der Waals surface area contributed by atoms with Gasteiger partial charge in [-0.1, -0.05) is 35.9 Å². The zero-order valence-corrected chi connectivity index (χ0v) is 21.8. The number of nitrogens with one attached hydrogen (secondary N) is 1. The number of rotatable bonds is 8. The minimum atomic E-state index is -0.248. The molecule has 2 aromatic carbocycles. The second-order valence-electron chi connectivity index (χ2n) is 10.6. The lowest BCUT2D eigenvalue weighted by molar-refractivity contribution is -0.134. The van der Waals surface area contributed by atoms with Crippen LogP contribution in [0.2, 0.25) is 0 Å². The molecule has 3 aliphatic rings. The minimum absolute atomic E-state index is 0.0833. The summed E-state index contributed by atoms with van der Waals surface area (Å²) in [6.07, 6.45) is 4.90. The molecule has 1 N–H and O–H groups in total. The lowest BCUT2D eigenvalue weighted by Crippen LogP contribution is -2.41. The fourth-order valence-corrected chi connectivity index (χ4v) is 5.42.